The van der Waals surface area contributed by atoms with E-state index >= 15 is 0 Å². The second kappa shape index (κ2) is 8.26. The molecule has 3 rings (SSSR count). The molecule has 0 atom stereocenters. The predicted molar refractivity (Wildman–Crippen MR) is 108 cm³/mol. The van der Waals surface area contributed by atoms with Crippen LogP contribution in [-0.4, -0.2) is 48.1 Å². The molecule has 29 heavy (non-hydrogen) atoms. The van der Waals surface area contributed by atoms with Crippen LogP contribution in [0, 0.1) is 0 Å². The Hall–Kier alpha value is -2.85. The normalized spacial score (nSPS) is 12.4. The van der Waals surface area contributed by atoms with E-state index in [4.69, 9.17) is 30.5 Å². The summed E-state index contributed by atoms with van der Waals surface area (Å²) in [6.45, 7) is -0.414. The van der Waals surface area contributed by atoms with Crippen molar-refractivity contribution >= 4 is 38.9 Å². The van der Waals surface area contributed by atoms with Crippen molar-refractivity contribution in [2.75, 3.05) is 43.4 Å². The third-order valence-corrected chi connectivity index (χ3v) is 5.52. The number of halogens is 1. The van der Waals surface area contributed by atoms with E-state index in [-0.39, 0.29) is 18.2 Å². The third kappa shape index (κ3) is 4.60. The monoisotopic (exact) mass is 442 g/mol. The van der Waals surface area contributed by atoms with Gasteiger partial charge in [-0.1, -0.05) is 11.6 Å². The number of carbonyl (C=O) groups is 1. The Labute approximate surface area is 173 Å². The number of benzene rings is 2. The van der Waals surface area contributed by atoms with Crippen molar-refractivity contribution in [3.05, 3.63) is 35.4 Å². The van der Waals surface area contributed by atoms with Crippen LogP contribution in [-0.2, 0) is 14.8 Å². The van der Waals surface area contributed by atoms with Gasteiger partial charge in [0.25, 0.3) is 0 Å². The topological polar surface area (TPSA) is 103 Å². The van der Waals surface area contributed by atoms with Gasteiger partial charge in [-0.2, -0.15) is 0 Å². The van der Waals surface area contributed by atoms with E-state index in [1.807, 2.05) is 0 Å². The molecule has 0 spiro atoms. The van der Waals surface area contributed by atoms with Gasteiger partial charge in [0.15, 0.2) is 11.5 Å². The van der Waals surface area contributed by atoms with Crippen LogP contribution >= 0.6 is 11.6 Å². The number of nitrogens with zero attached hydrogens (tertiary/aromatic N) is 1. The lowest BCUT2D eigenvalue weighted by Crippen LogP contribution is -2.37. The van der Waals surface area contributed by atoms with Crippen molar-refractivity contribution < 1.29 is 32.2 Å². The molecule has 1 aliphatic heterocycles. The molecule has 0 saturated carbocycles. The maximum atomic E-state index is 12.6. The van der Waals surface area contributed by atoms with Gasteiger partial charge in [0.1, 0.15) is 18.0 Å². The van der Waals surface area contributed by atoms with Crippen LogP contribution in [0.25, 0.3) is 0 Å². The molecule has 2 aromatic carbocycles. The second-order valence-electron chi connectivity index (χ2n) is 6.04. The number of amides is 1. The van der Waals surface area contributed by atoms with Crippen molar-refractivity contribution in [1.82, 2.24) is 0 Å². The van der Waals surface area contributed by atoms with E-state index in [0.29, 0.717) is 28.0 Å². The highest BCUT2D eigenvalue weighted by atomic mass is 35.5. The van der Waals surface area contributed by atoms with Crippen LogP contribution in [0.3, 0.4) is 0 Å². The molecule has 2 aromatic rings. The van der Waals surface area contributed by atoms with Crippen molar-refractivity contribution in [3.63, 3.8) is 0 Å². The van der Waals surface area contributed by atoms with E-state index in [1.165, 1.54) is 38.5 Å². The summed E-state index contributed by atoms with van der Waals surface area (Å²) in [6.07, 6.45) is 1.01. The zero-order chi connectivity index (χ0) is 21.2. The minimum absolute atomic E-state index is 0.0519. The molecule has 9 nitrogen and oxygen atoms in total. The standard InChI is InChI=1S/C18H19ClN2O7S/c1-25-15-8-13(16(26-2)7-12(15)19)20-18(22)9-21(29(3,23)24)11-4-5-14-17(6-11)28-10-27-14/h4-8H,9-10H2,1-3H3,(H,20,22). The summed E-state index contributed by atoms with van der Waals surface area (Å²) in [5.41, 5.74) is 0.561. The highest BCUT2D eigenvalue weighted by Crippen LogP contribution is 2.37. The van der Waals surface area contributed by atoms with Crippen LogP contribution in [0.2, 0.25) is 5.02 Å². The van der Waals surface area contributed by atoms with Crippen molar-refractivity contribution in [2.24, 2.45) is 0 Å². The number of nitrogens with one attached hydrogen (secondary N) is 1. The van der Waals surface area contributed by atoms with Gasteiger partial charge < -0.3 is 24.3 Å². The number of carbonyl (C=O) groups excluding carboxylic acids is 1. The van der Waals surface area contributed by atoms with Gasteiger partial charge >= 0.3 is 0 Å². The number of hydrogen-bond acceptors (Lipinski definition) is 7. The van der Waals surface area contributed by atoms with Crippen molar-refractivity contribution in [1.29, 1.82) is 0 Å². The summed E-state index contributed by atoms with van der Waals surface area (Å²) in [5, 5.41) is 2.93. The smallest absolute Gasteiger partial charge is 0.245 e. The molecule has 156 valence electrons. The summed E-state index contributed by atoms with van der Waals surface area (Å²) < 4.78 is 46.4. The Bertz CT molecular complexity index is 1040. The van der Waals surface area contributed by atoms with E-state index in [0.717, 1.165) is 10.6 Å². The largest absolute Gasteiger partial charge is 0.495 e. The molecular weight excluding hydrogens is 424 g/mol. The first-order valence-electron chi connectivity index (χ1n) is 8.31. The Balaban J connectivity index is 1.85. The summed E-state index contributed by atoms with van der Waals surface area (Å²) >= 11 is 6.06. The SMILES string of the molecule is COc1cc(NC(=O)CN(c2ccc3c(c2)OCO3)S(C)(=O)=O)c(OC)cc1Cl. The number of anilines is 2. The number of rotatable bonds is 7. The van der Waals surface area contributed by atoms with Crippen LogP contribution in [0.5, 0.6) is 23.0 Å². The van der Waals surface area contributed by atoms with Gasteiger partial charge in [-0.15, -0.1) is 0 Å². The molecule has 0 radical (unpaired) electrons. The van der Waals surface area contributed by atoms with Crippen molar-refractivity contribution in [2.45, 2.75) is 0 Å². The first-order valence-corrected chi connectivity index (χ1v) is 10.5. The maximum absolute atomic E-state index is 12.6. The molecule has 0 aliphatic carbocycles. The van der Waals surface area contributed by atoms with Gasteiger partial charge in [0.05, 0.1) is 36.9 Å². The molecule has 0 bridgehead atoms. The minimum Gasteiger partial charge on any atom is -0.495 e. The fourth-order valence-corrected chi connectivity index (χ4v) is 3.80. The molecule has 0 aromatic heterocycles. The average Bonchev–Trinajstić information content (AvgIpc) is 3.14. The quantitative estimate of drug-likeness (QED) is 0.702. The lowest BCUT2D eigenvalue weighted by Gasteiger charge is -2.22. The first-order chi connectivity index (χ1) is 13.7. The van der Waals surface area contributed by atoms with E-state index in [1.54, 1.807) is 6.07 Å². The molecule has 0 unspecified atom stereocenters. The maximum Gasteiger partial charge on any atom is 0.245 e. The summed E-state index contributed by atoms with van der Waals surface area (Å²) in [7, 11) is -0.904. The average molecular weight is 443 g/mol. The zero-order valence-electron chi connectivity index (χ0n) is 15.9. The predicted octanol–water partition coefficient (Wildman–Crippen LogP) is 2.49. The number of sulfonamides is 1. The number of methoxy groups -OCH3 is 2. The Morgan fingerprint density at radius 1 is 1.14 bits per heavy atom. The number of fused-ring (bicyclic) bond motifs is 1. The van der Waals surface area contributed by atoms with E-state index < -0.39 is 22.5 Å². The second-order valence-corrected chi connectivity index (χ2v) is 8.36. The first kappa shape index (κ1) is 20.9. The molecule has 1 amide bonds. The molecule has 0 saturated heterocycles. The van der Waals surface area contributed by atoms with Crippen LogP contribution in [0.4, 0.5) is 11.4 Å². The molecule has 11 heteroatoms. The van der Waals surface area contributed by atoms with Crippen LogP contribution in [0.1, 0.15) is 0 Å². The summed E-state index contributed by atoms with van der Waals surface area (Å²) in [4.78, 5) is 12.6. The molecular formula is C18H19ClN2O7S. The van der Waals surface area contributed by atoms with Crippen LogP contribution < -0.4 is 28.6 Å². The molecule has 1 N–H and O–H groups in total. The number of ether oxygens (including phenoxy) is 4. The summed E-state index contributed by atoms with van der Waals surface area (Å²) in [5.74, 6) is 0.956. The van der Waals surface area contributed by atoms with Crippen molar-refractivity contribution in [3.8, 4) is 23.0 Å². The zero-order valence-corrected chi connectivity index (χ0v) is 17.5. The van der Waals surface area contributed by atoms with Gasteiger partial charge in [0.2, 0.25) is 22.7 Å². The van der Waals surface area contributed by atoms with E-state index in [9.17, 15) is 13.2 Å². The lowest BCUT2D eigenvalue weighted by atomic mass is 10.2. The fourth-order valence-electron chi connectivity index (χ4n) is 2.72. The molecule has 0 fully saturated rings. The van der Waals surface area contributed by atoms with Gasteiger partial charge in [-0.3, -0.25) is 9.10 Å². The third-order valence-electron chi connectivity index (χ3n) is 4.08. The Morgan fingerprint density at radius 3 is 2.48 bits per heavy atom. The molecule has 1 heterocycles. The molecule has 1 aliphatic rings. The Kier molecular flexibility index (Phi) is 5.94. The van der Waals surface area contributed by atoms with Crippen LogP contribution in [0.15, 0.2) is 30.3 Å². The minimum atomic E-state index is -3.76. The highest BCUT2D eigenvalue weighted by molar-refractivity contribution is 7.92. The number of hydrogen-bond donors (Lipinski definition) is 1. The highest BCUT2D eigenvalue weighted by Gasteiger charge is 2.24. The summed E-state index contributed by atoms with van der Waals surface area (Å²) in [6, 6.07) is 7.60. The van der Waals surface area contributed by atoms with E-state index in [2.05, 4.69) is 5.32 Å². The fraction of sp³-hybridized carbons (Fsp3) is 0.278. The Morgan fingerprint density at radius 2 is 1.83 bits per heavy atom. The lowest BCUT2D eigenvalue weighted by molar-refractivity contribution is -0.114. The van der Waals surface area contributed by atoms with Gasteiger partial charge in [-0.05, 0) is 12.1 Å². The van der Waals surface area contributed by atoms with Gasteiger partial charge in [-0.25, -0.2) is 8.42 Å². The van der Waals surface area contributed by atoms with Gasteiger partial charge in [0, 0.05) is 18.2 Å².